The molecule has 294 valence electrons. The molecule has 11 rings (SSSR count). The van der Waals surface area contributed by atoms with Crippen molar-refractivity contribution in [3.05, 3.63) is 233 Å². The zero-order chi connectivity index (χ0) is 40.5. The number of para-hydroxylation sites is 1. The molecule has 2 aliphatic carbocycles. The second kappa shape index (κ2) is 15.9. The Morgan fingerprint density at radius 2 is 1.28 bits per heavy atom. The molecule has 3 atom stereocenters. The van der Waals surface area contributed by atoms with Crippen LogP contribution in [0.1, 0.15) is 59.0 Å². The van der Waals surface area contributed by atoms with Gasteiger partial charge < -0.3 is 15.1 Å². The highest BCUT2D eigenvalue weighted by atomic mass is 16.3. The number of benzene rings is 6. The first kappa shape index (κ1) is 36.5. The number of hydrogen-bond acceptors (Lipinski definition) is 6. The van der Waals surface area contributed by atoms with E-state index in [4.69, 9.17) is 19.4 Å². The number of aliphatic imine (C=N–C) groups is 3. The summed E-state index contributed by atoms with van der Waals surface area (Å²) in [6.07, 6.45) is 18.1. The maximum Gasteiger partial charge on any atom is 0.155 e. The van der Waals surface area contributed by atoms with Gasteiger partial charge in [0.2, 0.25) is 0 Å². The van der Waals surface area contributed by atoms with E-state index < -0.39 is 0 Å². The quantitative estimate of drug-likeness (QED) is 0.161. The Morgan fingerprint density at radius 3 is 2.13 bits per heavy atom. The lowest BCUT2D eigenvalue weighted by molar-refractivity contribution is 0.668. The molecular weight excluding hydrogens is 747 g/mol. The fraction of sp³-hybridized carbons (Fsp3) is 0.109. The van der Waals surface area contributed by atoms with Crippen molar-refractivity contribution in [3.63, 3.8) is 0 Å². The number of nitrogens with one attached hydrogen (secondary N) is 2. The van der Waals surface area contributed by atoms with Gasteiger partial charge in [0.1, 0.15) is 29.0 Å². The van der Waals surface area contributed by atoms with Crippen molar-refractivity contribution in [1.82, 2.24) is 10.6 Å². The lowest BCUT2D eigenvalue weighted by Gasteiger charge is -2.28. The minimum atomic E-state index is -0.279. The number of allylic oxidation sites excluding steroid dienone is 5. The fourth-order valence-corrected chi connectivity index (χ4v) is 8.76. The maximum absolute atomic E-state index is 6.30. The van der Waals surface area contributed by atoms with Crippen molar-refractivity contribution in [2.24, 2.45) is 15.0 Å². The number of hydrogen-bond donors (Lipinski definition) is 2. The van der Waals surface area contributed by atoms with Gasteiger partial charge in [-0.05, 0) is 83.0 Å². The Balaban J connectivity index is 0.908. The van der Waals surface area contributed by atoms with E-state index in [1.807, 2.05) is 18.2 Å². The third kappa shape index (κ3) is 7.38. The Bertz CT molecular complexity index is 3050. The summed E-state index contributed by atoms with van der Waals surface area (Å²) in [6, 6.07) is 53.1. The second-order valence-electron chi connectivity index (χ2n) is 16.0. The number of fused-ring (bicyclic) bond motifs is 3. The summed E-state index contributed by atoms with van der Waals surface area (Å²) in [6.45, 7) is 0. The minimum Gasteiger partial charge on any atom is -0.456 e. The van der Waals surface area contributed by atoms with E-state index in [-0.39, 0.29) is 18.1 Å². The van der Waals surface area contributed by atoms with Crippen LogP contribution in [0.5, 0.6) is 0 Å². The van der Waals surface area contributed by atoms with Crippen LogP contribution in [0.2, 0.25) is 0 Å². The SMILES string of the molecule is C1=CCCC(C2=NC(C3=CC(c4cccc(C5=NC(c6ccc7c(c6)oc6ccccc67)=CC(c6ccccc6)N5)c4)CC=C3)NC(c3ccc(-c4ccccc4)cc3)=N2)=C1. The Morgan fingerprint density at radius 1 is 0.557 bits per heavy atom. The van der Waals surface area contributed by atoms with Gasteiger partial charge in [0, 0.05) is 33.4 Å². The van der Waals surface area contributed by atoms with Gasteiger partial charge in [0.15, 0.2) is 5.84 Å². The second-order valence-corrected chi connectivity index (χ2v) is 16.0. The Labute approximate surface area is 355 Å². The van der Waals surface area contributed by atoms with Crippen LogP contribution in [0.3, 0.4) is 0 Å². The molecule has 2 aliphatic heterocycles. The van der Waals surface area contributed by atoms with Gasteiger partial charge in [-0.3, -0.25) is 0 Å². The average Bonchev–Trinajstić information content (AvgIpc) is 3.73. The molecule has 2 N–H and O–H groups in total. The fourth-order valence-electron chi connectivity index (χ4n) is 8.76. The number of rotatable bonds is 8. The summed E-state index contributed by atoms with van der Waals surface area (Å²) < 4.78 is 6.30. The maximum atomic E-state index is 6.30. The van der Waals surface area contributed by atoms with Crippen LogP contribution in [0.25, 0.3) is 38.8 Å². The van der Waals surface area contributed by atoms with E-state index in [1.54, 1.807) is 0 Å². The van der Waals surface area contributed by atoms with Gasteiger partial charge in [-0.25, -0.2) is 15.0 Å². The van der Waals surface area contributed by atoms with Crippen LogP contribution in [0.4, 0.5) is 0 Å². The van der Waals surface area contributed by atoms with Crippen molar-refractivity contribution < 1.29 is 4.42 Å². The molecule has 6 heteroatoms. The predicted molar refractivity (Wildman–Crippen MR) is 251 cm³/mol. The molecule has 1 aromatic heterocycles. The molecule has 3 unspecified atom stereocenters. The molecule has 6 aromatic carbocycles. The molecule has 0 saturated heterocycles. The number of furan rings is 1. The standard InChI is InChI=1S/C55H43N5O/c1-4-14-36(15-5-1)37-26-28-40(29-27-37)53-58-52(39-18-8-3-9-19-39)59-55(60-53)45-23-13-21-42(33-45)41-20-12-22-44(32-41)54-56-48(38-16-6-2-7-17-38)35-49(57-54)43-30-31-47-46-24-10-11-25-50(46)61-51(47)34-43/h1-8,10-18,20,22-35,42,48,55H,9,19,21H2,(H,56,57)(H,58,59,60). The summed E-state index contributed by atoms with van der Waals surface area (Å²) in [5.74, 6) is 2.63. The molecule has 4 aliphatic rings. The molecule has 0 fully saturated rings. The van der Waals surface area contributed by atoms with Crippen molar-refractivity contribution in [2.75, 3.05) is 0 Å². The van der Waals surface area contributed by atoms with Gasteiger partial charge in [0.25, 0.3) is 0 Å². The molecule has 61 heavy (non-hydrogen) atoms. The number of nitrogens with zero attached hydrogens (tertiary/aromatic N) is 3. The van der Waals surface area contributed by atoms with E-state index in [2.05, 4.69) is 187 Å². The molecule has 6 nitrogen and oxygen atoms in total. The van der Waals surface area contributed by atoms with Crippen LogP contribution in [0.15, 0.2) is 225 Å². The van der Waals surface area contributed by atoms with Gasteiger partial charge in [-0.2, -0.15) is 0 Å². The summed E-state index contributed by atoms with van der Waals surface area (Å²) in [4.78, 5) is 15.7. The Kier molecular flexibility index (Phi) is 9.51. The predicted octanol–water partition coefficient (Wildman–Crippen LogP) is 12.4. The smallest absolute Gasteiger partial charge is 0.155 e. The zero-order valence-corrected chi connectivity index (χ0v) is 33.6. The average molecular weight is 790 g/mol. The van der Waals surface area contributed by atoms with Crippen molar-refractivity contribution in [3.8, 4) is 11.1 Å². The molecule has 0 saturated carbocycles. The third-order valence-corrected chi connectivity index (χ3v) is 12.0. The molecule has 3 heterocycles. The Hall–Kier alpha value is -7.57. The first-order valence-corrected chi connectivity index (χ1v) is 21.2. The van der Waals surface area contributed by atoms with Crippen molar-refractivity contribution in [1.29, 1.82) is 0 Å². The zero-order valence-electron chi connectivity index (χ0n) is 33.6. The lowest BCUT2D eigenvalue weighted by atomic mass is 9.87. The van der Waals surface area contributed by atoms with Crippen LogP contribution >= 0.6 is 0 Å². The van der Waals surface area contributed by atoms with Crippen LogP contribution in [0, 0.1) is 0 Å². The molecule has 7 aromatic rings. The van der Waals surface area contributed by atoms with Gasteiger partial charge in [-0.1, -0.05) is 164 Å². The highest BCUT2D eigenvalue weighted by Gasteiger charge is 2.26. The minimum absolute atomic E-state index is 0.0626. The van der Waals surface area contributed by atoms with Crippen LogP contribution < -0.4 is 10.6 Å². The van der Waals surface area contributed by atoms with E-state index in [0.717, 1.165) is 92.2 Å². The van der Waals surface area contributed by atoms with Crippen LogP contribution in [-0.4, -0.2) is 23.7 Å². The number of amidine groups is 3. The van der Waals surface area contributed by atoms with Gasteiger partial charge in [-0.15, -0.1) is 0 Å². The first-order chi connectivity index (χ1) is 30.2. The largest absolute Gasteiger partial charge is 0.456 e. The summed E-state index contributed by atoms with van der Waals surface area (Å²) >= 11 is 0. The first-order valence-electron chi connectivity index (χ1n) is 21.2. The van der Waals surface area contributed by atoms with Gasteiger partial charge in [0.05, 0.1) is 11.7 Å². The summed E-state index contributed by atoms with van der Waals surface area (Å²) in [5.41, 5.74) is 12.8. The molecule has 0 spiro atoms. The van der Waals surface area contributed by atoms with E-state index in [0.29, 0.717) is 0 Å². The normalized spacial score (nSPS) is 19.8. The summed E-state index contributed by atoms with van der Waals surface area (Å²) in [5, 5.41) is 9.72. The van der Waals surface area contributed by atoms with E-state index in [1.165, 1.54) is 22.3 Å². The van der Waals surface area contributed by atoms with Crippen molar-refractivity contribution >= 4 is 45.1 Å². The molecule has 0 amide bonds. The molecule has 0 radical (unpaired) electrons. The van der Waals surface area contributed by atoms with Gasteiger partial charge >= 0.3 is 0 Å². The van der Waals surface area contributed by atoms with E-state index >= 15 is 0 Å². The lowest BCUT2D eigenvalue weighted by Crippen LogP contribution is -2.40. The molecular formula is C55H43N5O. The highest BCUT2D eigenvalue weighted by molar-refractivity contribution is 6.13. The monoisotopic (exact) mass is 789 g/mol. The molecule has 0 bridgehead atoms. The summed E-state index contributed by atoms with van der Waals surface area (Å²) in [7, 11) is 0. The topological polar surface area (TPSA) is 74.3 Å². The highest BCUT2D eigenvalue weighted by Crippen LogP contribution is 2.35. The van der Waals surface area contributed by atoms with Crippen LogP contribution in [-0.2, 0) is 0 Å². The third-order valence-electron chi connectivity index (χ3n) is 12.0. The van der Waals surface area contributed by atoms with E-state index in [9.17, 15) is 0 Å². The van der Waals surface area contributed by atoms with Crippen molar-refractivity contribution in [2.45, 2.75) is 37.4 Å².